The number of anilines is 1. The largest absolute Gasteiger partial charge is 0.302 e. The van der Waals surface area contributed by atoms with Gasteiger partial charge in [-0.15, -0.1) is 0 Å². The van der Waals surface area contributed by atoms with Crippen molar-refractivity contribution in [3.8, 4) is 0 Å². The van der Waals surface area contributed by atoms with Crippen molar-refractivity contribution in [2.75, 3.05) is 4.90 Å². The van der Waals surface area contributed by atoms with Gasteiger partial charge < -0.3 is 4.90 Å². The Kier molecular flexibility index (Phi) is 5.05. The summed E-state index contributed by atoms with van der Waals surface area (Å²) < 4.78 is 13.8. The van der Waals surface area contributed by atoms with Crippen LogP contribution in [0.3, 0.4) is 0 Å². The minimum absolute atomic E-state index is 0.299. The summed E-state index contributed by atoms with van der Waals surface area (Å²) >= 11 is 0. The average molecular weight is 330 g/mol. The van der Waals surface area contributed by atoms with E-state index in [0.29, 0.717) is 11.4 Å². The highest BCUT2D eigenvalue weighted by atomic mass is 19.1. The number of rotatable bonds is 4. The molecular formula is C22H19FN2. The van der Waals surface area contributed by atoms with E-state index in [0.717, 1.165) is 16.9 Å². The first kappa shape index (κ1) is 16.7. The van der Waals surface area contributed by atoms with Crippen LogP contribution in [0.4, 0.5) is 15.8 Å². The van der Waals surface area contributed by atoms with Crippen LogP contribution < -0.4 is 4.90 Å². The number of hydrogen-bond donors (Lipinski definition) is 0. The van der Waals surface area contributed by atoms with E-state index in [2.05, 4.69) is 6.58 Å². The van der Waals surface area contributed by atoms with Gasteiger partial charge in [-0.25, -0.2) is 9.38 Å². The quantitative estimate of drug-likeness (QED) is 0.432. The third-order valence-corrected chi connectivity index (χ3v) is 3.87. The molecular weight excluding hydrogens is 311 g/mol. The minimum atomic E-state index is -0.299. The SMILES string of the molecule is C=CN(/C(=N\c1ccccc1C)c1cccc(F)c1)c1ccccc1. The van der Waals surface area contributed by atoms with Crippen LogP contribution >= 0.6 is 0 Å². The number of benzene rings is 3. The van der Waals surface area contributed by atoms with E-state index in [-0.39, 0.29) is 5.82 Å². The van der Waals surface area contributed by atoms with Crippen molar-refractivity contribution < 1.29 is 4.39 Å². The normalized spacial score (nSPS) is 11.2. The predicted molar refractivity (Wildman–Crippen MR) is 103 cm³/mol. The van der Waals surface area contributed by atoms with Crippen LogP contribution in [0.2, 0.25) is 0 Å². The lowest BCUT2D eigenvalue weighted by Crippen LogP contribution is -2.26. The van der Waals surface area contributed by atoms with E-state index in [1.165, 1.54) is 12.1 Å². The Morgan fingerprint density at radius 1 is 0.960 bits per heavy atom. The lowest BCUT2D eigenvalue weighted by Gasteiger charge is -2.23. The highest BCUT2D eigenvalue weighted by molar-refractivity contribution is 6.12. The molecule has 0 bridgehead atoms. The Morgan fingerprint density at radius 3 is 2.36 bits per heavy atom. The molecule has 0 aromatic heterocycles. The molecule has 25 heavy (non-hydrogen) atoms. The third kappa shape index (κ3) is 3.83. The van der Waals surface area contributed by atoms with Gasteiger partial charge in [-0.1, -0.05) is 55.1 Å². The Bertz CT molecular complexity index is 901. The molecule has 0 heterocycles. The Labute approximate surface area is 147 Å². The lowest BCUT2D eigenvalue weighted by atomic mass is 10.1. The first-order chi connectivity index (χ1) is 12.2. The molecule has 2 nitrogen and oxygen atoms in total. The first-order valence-corrected chi connectivity index (χ1v) is 8.06. The number of para-hydroxylation sites is 2. The van der Waals surface area contributed by atoms with Gasteiger partial charge in [0.25, 0.3) is 0 Å². The monoisotopic (exact) mass is 330 g/mol. The van der Waals surface area contributed by atoms with E-state index in [1.54, 1.807) is 12.3 Å². The lowest BCUT2D eigenvalue weighted by molar-refractivity contribution is 0.627. The summed E-state index contributed by atoms with van der Waals surface area (Å²) in [5, 5.41) is 0. The number of nitrogens with zero attached hydrogens (tertiary/aromatic N) is 2. The van der Waals surface area contributed by atoms with E-state index in [4.69, 9.17) is 4.99 Å². The van der Waals surface area contributed by atoms with Crippen LogP contribution in [0.1, 0.15) is 11.1 Å². The van der Waals surface area contributed by atoms with Crippen LogP contribution in [-0.4, -0.2) is 5.84 Å². The Balaban J connectivity index is 2.18. The van der Waals surface area contributed by atoms with Crippen molar-refractivity contribution in [2.24, 2.45) is 4.99 Å². The summed E-state index contributed by atoms with van der Waals surface area (Å²) in [5.41, 5.74) is 3.49. The topological polar surface area (TPSA) is 15.6 Å². The smallest absolute Gasteiger partial charge is 0.145 e. The second-order valence-electron chi connectivity index (χ2n) is 5.62. The molecule has 0 spiro atoms. The van der Waals surface area contributed by atoms with Crippen LogP contribution in [0.25, 0.3) is 0 Å². The van der Waals surface area contributed by atoms with Crippen molar-refractivity contribution in [1.29, 1.82) is 0 Å². The minimum Gasteiger partial charge on any atom is -0.302 e. The molecule has 0 atom stereocenters. The van der Waals surface area contributed by atoms with E-state index >= 15 is 0 Å². The molecule has 3 aromatic rings. The second kappa shape index (κ2) is 7.58. The summed E-state index contributed by atoms with van der Waals surface area (Å²) in [6.45, 7) is 5.92. The maximum Gasteiger partial charge on any atom is 0.145 e. The van der Waals surface area contributed by atoms with Crippen LogP contribution in [0.5, 0.6) is 0 Å². The number of aliphatic imine (C=N–C) groups is 1. The maximum atomic E-state index is 13.8. The van der Waals surface area contributed by atoms with Gasteiger partial charge in [0.15, 0.2) is 0 Å². The van der Waals surface area contributed by atoms with Gasteiger partial charge in [0, 0.05) is 17.5 Å². The van der Waals surface area contributed by atoms with Crippen molar-refractivity contribution >= 4 is 17.2 Å². The van der Waals surface area contributed by atoms with Crippen molar-refractivity contribution in [3.63, 3.8) is 0 Å². The number of halogens is 1. The Hall–Kier alpha value is -3.20. The van der Waals surface area contributed by atoms with Crippen LogP contribution in [0, 0.1) is 12.7 Å². The van der Waals surface area contributed by atoms with Crippen LogP contribution in [-0.2, 0) is 0 Å². The molecule has 0 aliphatic heterocycles. The molecule has 3 aromatic carbocycles. The fraction of sp³-hybridized carbons (Fsp3) is 0.0455. The molecule has 3 rings (SSSR count). The summed E-state index contributed by atoms with van der Waals surface area (Å²) in [6, 6.07) is 24.1. The highest BCUT2D eigenvalue weighted by Gasteiger charge is 2.14. The van der Waals surface area contributed by atoms with Gasteiger partial charge in [0.05, 0.1) is 5.69 Å². The van der Waals surface area contributed by atoms with Gasteiger partial charge in [-0.2, -0.15) is 0 Å². The molecule has 0 fully saturated rings. The average Bonchev–Trinajstić information content (AvgIpc) is 2.64. The number of aryl methyl sites for hydroxylation is 1. The molecule has 0 radical (unpaired) electrons. The number of hydrogen-bond acceptors (Lipinski definition) is 1. The van der Waals surface area contributed by atoms with Gasteiger partial charge >= 0.3 is 0 Å². The number of amidine groups is 1. The van der Waals surface area contributed by atoms with E-state index in [9.17, 15) is 4.39 Å². The molecule has 0 N–H and O–H groups in total. The van der Waals surface area contributed by atoms with E-state index in [1.807, 2.05) is 72.5 Å². The molecule has 124 valence electrons. The molecule has 0 unspecified atom stereocenters. The van der Waals surface area contributed by atoms with Crippen LogP contribution in [0.15, 0.2) is 96.6 Å². The zero-order valence-electron chi connectivity index (χ0n) is 14.1. The third-order valence-electron chi connectivity index (χ3n) is 3.87. The zero-order chi connectivity index (χ0) is 17.6. The van der Waals surface area contributed by atoms with Crippen molar-refractivity contribution in [2.45, 2.75) is 6.92 Å². The molecule has 0 aliphatic carbocycles. The molecule has 0 saturated heterocycles. The zero-order valence-corrected chi connectivity index (χ0v) is 14.1. The fourth-order valence-corrected chi connectivity index (χ4v) is 2.59. The summed E-state index contributed by atoms with van der Waals surface area (Å²) in [5.74, 6) is 0.321. The van der Waals surface area contributed by atoms with E-state index < -0.39 is 0 Å². The predicted octanol–water partition coefficient (Wildman–Crippen LogP) is 5.86. The molecule has 0 aliphatic rings. The summed E-state index contributed by atoms with van der Waals surface area (Å²) in [7, 11) is 0. The second-order valence-corrected chi connectivity index (χ2v) is 5.62. The van der Waals surface area contributed by atoms with Gasteiger partial charge in [-0.3, -0.25) is 0 Å². The van der Waals surface area contributed by atoms with Crippen molar-refractivity contribution in [3.05, 3.63) is 109 Å². The van der Waals surface area contributed by atoms with Gasteiger partial charge in [0.2, 0.25) is 0 Å². The summed E-state index contributed by atoms with van der Waals surface area (Å²) in [6.07, 6.45) is 1.69. The Morgan fingerprint density at radius 2 is 1.68 bits per heavy atom. The molecule has 0 amide bonds. The van der Waals surface area contributed by atoms with Crippen molar-refractivity contribution in [1.82, 2.24) is 0 Å². The molecule has 0 saturated carbocycles. The fourth-order valence-electron chi connectivity index (χ4n) is 2.59. The van der Waals surface area contributed by atoms with Gasteiger partial charge in [0.1, 0.15) is 11.7 Å². The first-order valence-electron chi connectivity index (χ1n) is 8.06. The maximum absolute atomic E-state index is 13.8. The summed E-state index contributed by atoms with van der Waals surface area (Å²) in [4.78, 5) is 6.68. The highest BCUT2D eigenvalue weighted by Crippen LogP contribution is 2.24. The molecule has 3 heteroatoms. The van der Waals surface area contributed by atoms with Gasteiger partial charge in [-0.05, 0) is 42.8 Å². The standard InChI is InChI=1S/C22H19FN2/c1-3-25(20-13-5-4-6-14-20)22(18-11-9-12-19(23)16-18)24-21-15-8-7-10-17(21)2/h3-16H,1H2,2H3/b24-22-.